The molecular formula is C16H20BrN5. The summed E-state index contributed by atoms with van der Waals surface area (Å²) in [6.45, 7) is 0. The van der Waals surface area contributed by atoms with Crippen molar-refractivity contribution in [2.45, 2.75) is 44.6 Å². The maximum absolute atomic E-state index is 4.51. The summed E-state index contributed by atoms with van der Waals surface area (Å²) in [5.74, 6) is 1.30. The second-order valence-corrected chi connectivity index (χ2v) is 6.55. The minimum Gasteiger partial charge on any atom is -0.350 e. The van der Waals surface area contributed by atoms with Gasteiger partial charge in [0.05, 0.1) is 6.20 Å². The van der Waals surface area contributed by atoms with Crippen LogP contribution in [0.5, 0.6) is 0 Å². The zero-order valence-corrected chi connectivity index (χ0v) is 14.0. The Morgan fingerprint density at radius 1 is 1.09 bits per heavy atom. The molecule has 1 heterocycles. The van der Waals surface area contributed by atoms with Crippen molar-refractivity contribution in [1.82, 2.24) is 15.2 Å². The second kappa shape index (κ2) is 7.54. The van der Waals surface area contributed by atoms with E-state index in [9.17, 15) is 0 Å². The summed E-state index contributed by atoms with van der Waals surface area (Å²) in [7, 11) is 0. The van der Waals surface area contributed by atoms with E-state index >= 15 is 0 Å². The molecule has 1 aliphatic carbocycles. The van der Waals surface area contributed by atoms with Gasteiger partial charge in [-0.25, -0.2) is 0 Å². The maximum Gasteiger partial charge on any atom is 0.244 e. The highest BCUT2D eigenvalue weighted by Gasteiger charge is 2.13. The lowest BCUT2D eigenvalue weighted by atomic mass is 10.1. The molecule has 0 aliphatic heterocycles. The fourth-order valence-electron chi connectivity index (χ4n) is 2.75. The lowest BCUT2D eigenvalue weighted by Gasteiger charge is -2.16. The van der Waals surface area contributed by atoms with Crippen LogP contribution in [0.4, 0.5) is 17.5 Å². The normalized spacial score (nSPS) is 16.0. The van der Waals surface area contributed by atoms with E-state index in [4.69, 9.17) is 0 Å². The topological polar surface area (TPSA) is 62.7 Å². The van der Waals surface area contributed by atoms with E-state index in [0.717, 1.165) is 10.2 Å². The number of rotatable bonds is 4. The zero-order chi connectivity index (χ0) is 15.2. The Morgan fingerprint density at radius 3 is 2.68 bits per heavy atom. The van der Waals surface area contributed by atoms with E-state index in [1.165, 1.54) is 38.5 Å². The van der Waals surface area contributed by atoms with Crippen molar-refractivity contribution in [3.05, 3.63) is 34.9 Å². The van der Waals surface area contributed by atoms with Gasteiger partial charge in [0, 0.05) is 16.2 Å². The predicted molar refractivity (Wildman–Crippen MR) is 92.4 cm³/mol. The molecule has 3 rings (SSSR count). The minimum atomic E-state index is 0.463. The van der Waals surface area contributed by atoms with Gasteiger partial charge in [-0.3, -0.25) is 0 Å². The Balaban J connectivity index is 1.66. The summed E-state index contributed by atoms with van der Waals surface area (Å²) in [4.78, 5) is 4.51. The van der Waals surface area contributed by atoms with Crippen LogP contribution in [0.15, 0.2) is 34.9 Å². The molecule has 5 nitrogen and oxygen atoms in total. The van der Waals surface area contributed by atoms with Gasteiger partial charge in [-0.15, -0.1) is 5.10 Å². The van der Waals surface area contributed by atoms with Gasteiger partial charge in [0.2, 0.25) is 5.95 Å². The third-order valence-electron chi connectivity index (χ3n) is 3.84. The van der Waals surface area contributed by atoms with Gasteiger partial charge in [-0.2, -0.15) is 10.1 Å². The Labute approximate surface area is 139 Å². The number of nitrogens with one attached hydrogen (secondary N) is 2. The molecule has 0 spiro atoms. The van der Waals surface area contributed by atoms with E-state index in [1.54, 1.807) is 6.20 Å². The summed E-state index contributed by atoms with van der Waals surface area (Å²) >= 11 is 3.46. The standard InChI is InChI=1S/C16H20BrN5/c17-12-6-5-9-14(10-12)19-15-11-18-22-16(21-15)20-13-7-3-1-2-4-8-13/h5-6,9-11,13H,1-4,7-8H2,(H2,19,20,21,22). The summed E-state index contributed by atoms with van der Waals surface area (Å²) in [6.07, 6.45) is 9.24. The Hall–Kier alpha value is -1.69. The molecule has 1 aliphatic rings. The van der Waals surface area contributed by atoms with Crippen molar-refractivity contribution in [2.24, 2.45) is 0 Å². The van der Waals surface area contributed by atoms with Crippen molar-refractivity contribution in [3.8, 4) is 0 Å². The zero-order valence-electron chi connectivity index (χ0n) is 12.4. The van der Waals surface area contributed by atoms with Gasteiger partial charge in [0.1, 0.15) is 0 Å². The fourth-order valence-corrected chi connectivity index (χ4v) is 3.14. The first-order valence-electron chi connectivity index (χ1n) is 7.78. The summed E-state index contributed by atoms with van der Waals surface area (Å²) < 4.78 is 1.02. The van der Waals surface area contributed by atoms with E-state index in [1.807, 2.05) is 24.3 Å². The first-order chi connectivity index (χ1) is 10.8. The lowest BCUT2D eigenvalue weighted by Crippen LogP contribution is -2.20. The average Bonchev–Trinajstić information content (AvgIpc) is 2.76. The van der Waals surface area contributed by atoms with Crippen LogP contribution in [0.2, 0.25) is 0 Å². The quantitative estimate of drug-likeness (QED) is 0.784. The Morgan fingerprint density at radius 2 is 1.91 bits per heavy atom. The molecule has 1 saturated carbocycles. The first kappa shape index (κ1) is 15.2. The summed E-state index contributed by atoms with van der Waals surface area (Å²) in [5, 5.41) is 14.8. The van der Waals surface area contributed by atoms with Crippen LogP contribution < -0.4 is 10.6 Å². The van der Waals surface area contributed by atoms with Crippen molar-refractivity contribution < 1.29 is 0 Å². The van der Waals surface area contributed by atoms with Crippen LogP contribution in [-0.2, 0) is 0 Å². The number of halogens is 1. The van der Waals surface area contributed by atoms with Crippen LogP contribution in [0.3, 0.4) is 0 Å². The van der Waals surface area contributed by atoms with Gasteiger partial charge in [0.15, 0.2) is 5.82 Å². The van der Waals surface area contributed by atoms with Crippen molar-refractivity contribution >= 4 is 33.4 Å². The third-order valence-corrected chi connectivity index (χ3v) is 4.34. The molecule has 0 radical (unpaired) electrons. The first-order valence-corrected chi connectivity index (χ1v) is 8.58. The minimum absolute atomic E-state index is 0.463. The molecule has 116 valence electrons. The number of nitrogens with zero attached hydrogens (tertiary/aromatic N) is 3. The predicted octanol–water partition coefficient (Wildman–Crippen LogP) is 4.51. The van der Waals surface area contributed by atoms with Crippen LogP contribution in [0.1, 0.15) is 38.5 Å². The summed E-state index contributed by atoms with van der Waals surface area (Å²) in [6, 6.07) is 8.42. The van der Waals surface area contributed by atoms with E-state index in [-0.39, 0.29) is 0 Å². The van der Waals surface area contributed by atoms with E-state index < -0.39 is 0 Å². The number of benzene rings is 1. The van der Waals surface area contributed by atoms with Crippen LogP contribution >= 0.6 is 15.9 Å². The molecule has 0 bridgehead atoms. The molecule has 22 heavy (non-hydrogen) atoms. The molecule has 0 atom stereocenters. The Kier molecular flexibility index (Phi) is 5.21. The van der Waals surface area contributed by atoms with Gasteiger partial charge < -0.3 is 10.6 Å². The van der Waals surface area contributed by atoms with E-state index in [0.29, 0.717) is 17.8 Å². The number of aromatic nitrogens is 3. The number of hydrogen-bond acceptors (Lipinski definition) is 5. The highest BCUT2D eigenvalue weighted by molar-refractivity contribution is 9.10. The molecule has 0 unspecified atom stereocenters. The molecule has 1 fully saturated rings. The molecule has 2 N–H and O–H groups in total. The second-order valence-electron chi connectivity index (χ2n) is 5.63. The summed E-state index contributed by atoms with van der Waals surface area (Å²) in [5.41, 5.74) is 0.968. The molecule has 6 heteroatoms. The van der Waals surface area contributed by atoms with Crippen LogP contribution in [0, 0.1) is 0 Å². The van der Waals surface area contributed by atoms with Crippen LogP contribution in [-0.4, -0.2) is 21.2 Å². The van der Waals surface area contributed by atoms with E-state index in [2.05, 4.69) is 41.7 Å². The largest absolute Gasteiger partial charge is 0.350 e. The van der Waals surface area contributed by atoms with Gasteiger partial charge in [-0.1, -0.05) is 47.7 Å². The number of hydrogen-bond donors (Lipinski definition) is 2. The maximum atomic E-state index is 4.51. The molecule has 0 amide bonds. The Bertz CT molecular complexity index is 611. The SMILES string of the molecule is Brc1cccc(Nc2cnnc(NC3CCCCCC3)n2)c1. The highest BCUT2D eigenvalue weighted by Crippen LogP contribution is 2.21. The van der Waals surface area contributed by atoms with Crippen molar-refractivity contribution in [1.29, 1.82) is 0 Å². The number of anilines is 3. The molecule has 1 aromatic heterocycles. The van der Waals surface area contributed by atoms with Crippen molar-refractivity contribution in [2.75, 3.05) is 10.6 Å². The van der Waals surface area contributed by atoms with Gasteiger partial charge in [-0.05, 0) is 31.0 Å². The van der Waals surface area contributed by atoms with Gasteiger partial charge in [0.25, 0.3) is 0 Å². The van der Waals surface area contributed by atoms with Crippen molar-refractivity contribution in [3.63, 3.8) is 0 Å². The molecule has 2 aromatic rings. The van der Waals surface area contributed by atoms with Crippen LogP contribution in [0.25, 0.3) is 0 Å². The molecule has 0 saturated heterocycles. The molecular weight excluding hydrogens is 342 g/mol. The average molecular weight is 362 g/mol. The smallest absolute Gasteiger partial charge is 0.244 e. The third kappa shape index (κ3) is 4.40. The monoisotopic (exact) mass is 361 g/mol. The van der Waals surface area contributed by atoms with Gasteiger partial charge >= 0.3 is 0 Å². The highest BCUT2D eigenvalue weighted by atomic mass is 79.9. The fraction of sp³-hybridized carbons (Fsp3) is 0.438. The molecule has 1 aromatic carbocycles. The lowest BCUT2D eigenvalue weighted by molar-refractivity contribution is 0.613.